The van der Waals surface area contributed by atoms with Crippen LogP contribution in [0.2, 0.25) is 0 Å². The number of hydrogen-bond acceptors (Lipinski definition) is 7. The van der Waals surface area contributed by atoms with Crippen molar-refractivity contribution in [3.05, 3.63) is 117 Å². The molecule has 1 aromatic heterocycles. The summed E-state index contributed by atoms with van der Waals surface area (Å²) in [5.74, 6) is -0.381. The van der Waals surface area contributed by atoms with E-state index < -0.39 is 12.1 Å². The van der Waals surface area contributed by atoms with Gasteiger partial charge in [-0.2, -0.15) is 0 Å². The zero-order valence-electron chi connectivity index (χ0n) is 26.0. The fourth-order valence-corrected chi connectivity index (χ4v) is 5.71. The molecule has 3 aromatic carbocycles. The fraction of sp³-hybridized carbons (Fsp3) is 0.343. The van der Waals surface area contributed by atoms with E-state index in [0.717, 1.165) is 27.4 Å². The number of aryl methyl sites for hydroxylation is 1. The molecule has 0 aliphatic carbocycles. The highest BCUT2D eigenvalue weighted by Crippen LogP contribution is 2.27. The van der Waals surface area contributed by atoms with Gasteiger partial charge in [-0.15, -0.1) is 11.3 Å². The lowest BCUT2D eigenvalue weighted by Gasteiger charge is -2.25. The number of phenolic OH excluding ortho intramolecular Hbond substituents is 1. The van der Waals surface area contributed by atoms with Crippen LogP contribution in [-0.2, 0) is 24.9 Å². The molecule has 0 saturated heterocycles. The number of aromatic hydroxyl groups is 1. The van der Waals surface area contributed by atoms with Gasteiger partial charge in [-0.1, -0.05) is 63.2 Å². The second-order valence-corrected chi connectivity index (χ2v) is 13.2. The highest BCUT2D eigenvalue weighted by molar-refractivity contribution is 7.09. The minimum Gasteiger partial charge on any atom is -0.508 e. The molecular formula is C35H42N4O4S. The van der Waals surface area contributed by atoms with Crippen molar-refractivity contribution in [2.24, 2.45) is 0 Å². The summed E-state index contributed by atoms with van der Waals surface area (Å²) in [4.78, 5) is 32.6. The largest absolute Gasteiger partial charge is 0.508 e. The number of amides is 2. The number of phenols is 1. The minimum atomic E-state index is -0.906. The van der Waals surface area contributed by atoms with Gasteiger partial charge in [0.05, 0.1) is 18.7 Å². The summed E-state index contributed by atoms with van der Waals surface area (Å²) in [7, 11) is 1.71. The predicted octanol–water partition coefficient (Wildman–Crippen LogP) is 5.22. The first kappa shape index (κ1) is 32.9. The monoisotopic (exact) mass is 614 g/mol. The number of aliphatic hydroxyl groups is 1. The van der Waals surface area contributed by atoms with Crippen molar-refractivity contribution in [3.63, 3.8) is 0 Å². The van der Waals surface area contributed by atoms with E-state index in [-0.39, 0.29) is 29.5 Å². The molecule has 4 aromatic rings. The molecule has 0 unspecified atom stereocenters. The van der Waals surface area contributed by atoms with E-state index in [4.69, 9.17) is 0 Å². The average Bonchev–Trinajstić information content (AvgIpc) is 3.40. The maximum atomic E-state index is 13.4. The third-order valence-electron chi connectivity index (χ3n) is 7.36. The van der Waals surface area contributed by atoms with Crippen molar-refractivity contribution in [2.45, 2.75) is 64.8 Å². The molecule has 0 spiro atoms. The second kappa shape index (κ2) is 14.6. The lowest BCUT2D eigenvalue weighted by Crippen LogP contribution is -2.48. The van der Waals surface area contributed by atoms with Crippen LogP contribution in [0.25, 0.3) is 0 Å². The van der Waals surface area contributed by atoms with Crippen LogP contribution in [0.15, 0.2) is 78.2 Å². The molecule has 4 rings (SSSR count). The number of carbonyl (C=O) groups excluding carboxylic acids is 2. The van der Waals surface area contributed by atoms with E-state index >= 15 is 0 Å². The molecule has 0 bridgehead atoms. The Hall–Kier alpha value is -4.05. The van der Waals surface area contributed by atoms with Gasteiger partial charge in [0.25, 0.3) is 11.8 Å². The number of aromatic nitrogens is 1. The highest BCUT2D eigenvalue weighted by Gasteiger charge is 2.24. The zero-order chi connectivity index (χ0) is 31.9. The molecule has 1 heterocycles. The summed E-state index contributed by atoms with van der Waals surface area (Å²) in [5.41, 5.74) is 4.44. The van der Waals surface area contributed by atoms with Crippen molar-refractivity contribution < 1.29 is 19.8 Å². The molecule has 0 radical (unpaired) electrons. The van der Waals surface area contributed by atoms with Gasteiger partial charge in [0.2, 0.25) is 0 Å². The number of nitrogens with zero attached hydrogens (tertiary/aromatic N) is 2. The molecule has 232 valence electrons. The molecule has 0 saturated carbocycles. The van der Waals surface area contributed by atoms with Crippen LogP contribution in [0.1, 0.15) is 68.9 Å². The number of hydrogen-bond donors (Lipinski definition) is 4. The maximum Gasteiger partial charge on any atom is 0.253 e. The minimum absolute atomic E-state index is 0.115. The first-order valence-corrected chi connectivity index (χ1v) is 15.6. The van der Waals surface area contributed by atoms with E-state index in [1.807, 2.05) is 48.7 Å². The maximum absolute atomic E-state index is 13.4. The zero-order valence-corrected chi connectivity index (χ0v) is 26.8. The molecule has 0 aliphatic rings. The summed E-state index contributed by atoms with van der Waals surface area (Å²) in [6, 6.07) is 21.2. The standard InChI is InChI=1S/C35H42N4O4S/c1-23-22-44-32(37-23)21-39(5)34(43)27-13-9-12-26(17-27)33(42)38-30(16-24-10-7-6-8-11-24)31(41)20-36-19-25-14-28(35(2,3)4)18-29(40)15-25/h6-15,17-18,22,30-31,36,40-41H,16,19-21H2,1-5H3,(H,38,42)/t30-,31+/m0/s1. The summed E-state index contributed by atoms with van der Waals surface area (Å²) in [6.07, 6.45) is -0.485. The Morgan fingerprint density at radius 2 is 1.70 bits per heavy atom. The van der Waals surface area contributed by atoms with Gasteiger partial charge in [-0.25, -0.2) is 4.98 Å². The Morgan fingerprint density at radius 1 is 0.977 bits per heavy atom. The summed E-state index contributed by atoms with van der Waals surface area (Å²) < 4.78 is 0. The van der Waals surface area contributed by atoms with Crippen LogP contribution < -0.4 is 10.6 Å². The Labute approximate surface area is 263 Å². The van der Waals surface area contributed by atoms with Crippen LogP contribution >= 0.6 is 11.3 Å². The Morgan fingerprint density at radius 3 is 2.39 bits per heavy atom. The third kappa shape index (κ3) is 9.22. The van der Waals surface area contributed by atoms with Crippen molar-refractivity contribution in [1.82, 2.24) is 20.5 Å². The lowest BCUT2D eigenvalue weighted by molar-refractivity contribution is 0.0784. The van der Waals surface area contributed by atoms with Crippen LogP contribution in [0.5, 0.6) is 5.75 Å². The first-order chi connectivity index (χ1) is 20.9. The van der Waals surface area contributed by atoms with Crippen molar-refractivity contribution in [3.8, 4) is 5.75 Å². The van der Waals surface area contributed by atoms with Gasteiger partial charge in [-0.3, -0.25) is 9.59 Å². The number of nitrogens with one attached hydrogen (secondary N) is 2. The van der Waals surface area contributed by atoms with Gasteiger partial charge in [-0.05, 0) is 65.8 Å². The highest BCUT2D eigenvalue weighted by atomic mass is 32.1. The van der Waals surface area contributed by atoms with E-state index in [2.05, 4.69) is 36.4 Å². The number of rotatable bonds is 12. The molecule has 0 fully saturated rings. The lowest BCUT2D eigenvalue weighted by atomic mass is 9.86. The molecule has 2 amide bonds. The van der Waals surface area contributed by atoms with Crippen LogP contribution in [-0.4, -0.2) is 57.6 Å². The SMILES string of the molecule is Cc1csc(CN(C)C(=O)c2cccc(C(=O)N[C@@H](Cc3ccccc3)[C@H](O)CNCc3cc(O)cc(C(C)(C)C)c3)c2)n1. The number of carbonyl (C=O) groups is 2. The quantitative estimate of drug-likeness (QED) is 0.174. The van der Waals surface area contributed by atoms with Crippen molar-refractivity contribution in [1.29, 1.82) is 0 Å². The third-order valence-corrected chi connectivity index (χ3v) is 8.31. The molecule has 9 heteroatoms. The Kier molecular flexibility index (Phi) is 10.9. The molecule has 0 aliphatic heterocycles. The molecule has 8 nitrogen and oxygen atoms in total. The van der Waals surface area contributed by atoms with Crippen LogP contribution in [0, 0.1) is 6.92 Å². The van der Waals surface area contributed by atoms with Crippen molar-refractivity contribution >= 4 is 23.2 Å². The Balaban J connectivity index is 1.44. The first-order valence-electron chi connectivity index (χ1n) is 14.7. The smallest absolute Gasteiger partial charge is 0.253 e. The number of benzene rings is 3. The van der Waals surface area contributed by atoms with Gasteiger partial charge in [0.15, 0.2) is 0 Å². The molecule has 44 heavy (non-hydrogen) atoms. The molecular weight excluding hydrogens is 572 g/mol. The van der Waals surface area contributed by atoms with E-state index in [0.29, 0.717) is 30.6 Å². The summed E-state index contributed by atoms with van der Waals surface area (Å²) in [5, 5.41) is 30.5. The normalized spacial score (nSPS) is 12.9. The van der Waals surface area contributed by atoms with Gasteiger partial charge in [0.1, 0.15) is 10.8 Å². The van der Waals surface area contributed by atoms with Gasteiger partial charge < -0.3 is 25.7 Å². The van der Waals surface area contributed by atoms with Crippen molar-refractivity contribution in [2.75, 3.05) is 13.6 Å². The Bertz CT molecular complexity index is 1560. The van der Waals surface area contributed by atoms with Crippen LogP contribution in [0.4, 0.5) is 0 Å². The number of aliphatic hydroxyl groups excluding tert-OH is 1. The molecule has 4 N–H and O–H groups in total. The van der Waals surface area contributed by atoms with E-state index in [9.17, 15) is 19.8 Å². The second-order valence-electron chi connectivity index (χ2n) is 12.2. The molecule has 2 atom stereocenters. The predicted molar refractivity (Wildman–Crippen MR) is 175 cm³/mol. The average molecular weight is 615 g/mol. The number of thiazole rings is 1. The van der Waals surface area contributed by atoms with Crippen LogP contribution in [0.3, 0.4) is 0 Å². The summed E-state index contributed by atoms with van der Waals surface area (Å²) in [6.45, 7) is 9.23. The van der Waals surface area contributed by atoms with E-state index in [1.165, 1.54) is 11.3 Å². The van der Waals surface area contributed by atoms with Gasteiger partial charge >= 0.3 is 0 Å². The summed E-state index contributed by atoms with van der Waals surface area (Å²) >= 11 is 1.51. The van der Waals surface area contributed by atoms with Gasteiger partial charge in [0, 0.05) is 42.3 Å². The van der Waals surface area contributed by atoms with E-state index in [1.54, 1.807) is 48.3 Å². The topological polar surface area (TPSA) is 115 Å². The fourth-order valence-electron chi connectivity index (χ4n) is 4.88.